The number of nitriles is 1. The summed E-state index contributed by atoms with van der Waals surface area (Å²) < 4.78 is 18.8. The monoisotopic (exact) mass is 387 g/mol. The van der Waals surface area contributed by atoms with Gasteiger partial charge < -0.3 is 9.94 Å². The van der Waals surface area contributed by atoms with Crippen molar-refractivity contribution in [1.29, 1.82) is 5.26 Å². The molecule has 0 unspecified atom stereocenters. The average molecular weight is 388 g/mol. The fourth-order valence-electron chi connectivity index (χ4n) is 1.68. The van der Waals surface area contributed by atoms with Gasteiger partial charge in [-0.1, -0.05) is 0 Å². The summed E-state index contributed by atoms with van der Waals surface area (Å²) in [5.41, 5.74) is -0.692. The standard InChI is InChI=1S/C13H11BrFN3O3S/c1-13(2,3)21-12(19)17-10-7(5-16)6-4-8(15)9(14)18(20)11(6)22-10/h4H,1-3H3,(H,17,19). The highest BCUT2D eigenvalue weighted by Crippen LogP contribution is 2.35. The number of halogens is 2. The molecule has 0 fully saturated rings. The predicted molar refractivity (Wildman–Crippen MR) is 83.0 cm³/mol. The summed E-state index contributed by atoms with van der Waals surface area (Å²) in [6.07, 6.45) is -0.757. The van der Waals surface area contributed by atoms with Crippen LogP contribution in [0.3, 0.4) is 0 Å². The van der Waals surface area contributed by atoms with Gasteiger partial charge in [-0.3, -0.25) is 5.32 Å². The number of ether oxygens (including phenoxy) is 1. The first-order valence-electron chi connectivity index (χ1n) is 6.08. The van der Waals surface area contributed by atoms with Gasteiger partial charge in [0.05, 0.1) is 5.39 Å². The Bertz CT molecular complexity index is 808. The van der Waals surface area contributed by atoms with Gasteiger partial charge in [-0.05, 0) is 38.2 Å². The Morgan fingerprint density at radius 3 is 2.77 bits per heavy atom. The van der Waals surface area contributed by atoms with E-state index in [0.29, 0.717) is 4.73 Å². The summed E-state index contributed by atoms with van der Waals surface area (Å²) in [5, 5.41) is 23.8. The van der Waals surface area contributed by atoms with Crippen molar-refractivity contribution < 1.29 is 18.7 Å². The first-order chi connectivity index (χ1) is 10.1. The Morgan fingerprint density at radius 2 is 2.23 bits per heavy atom. The molecule has 0 saturated carbocycles. The molecule has 0 aliphatic rings. The zero-order chi connectivity index (χ0) is 16.7. The molecule has 6 nitrogen and oxygen atoms in total. The number of aromatic nitrogens is 1. The number of rotatable bonds is 1. The molecule has 9 heteroatoms. The second kappa shape index (κ2) is 5.70. The minimum absolute atomic E-state index is 0.0156. The molecule has 116 valence electrons. The number of fused-ring (bicyclic) bond motifs is 1. The van der Waals surface area contributed by atoms with Crippen LogP contribution in [0.25, 0.3) is 10.2 Å². The molecule has 1 amide bonds. The molecule has 0 aliphatic heterocycles. The van der Waals surface area contributed by atoms with E-state index in [1.165, 1.54) is 0 Å². The van der Waals surface area contributed by atoms with Crippen molar-refractivity contribution in [3.8, 4) is 6.07 Å². The third-order valence-electron chi connectivity index (χ3n) is 2.48. The third kappa shape index (κ3) is 3.13. The van der Waals surface area contributed by atoms with Crippen molar-refractivity contribution in [3.05, 3.63) is 27.3 Å². The van der Waals surface area contributed by atoms with Crippen molar-refractivity contribution in [1.82, 2.24) is 0 Å². The van der Waals surface area contributed by atoms with Crippen molar-refractivity contribution in [2.24, 2.45) is 0 Å². The Morgan fingerprint density at radius 1 is 1.59 bits per heavy atom. The molecule has 0 aliphatic carbocycles. The Labute approximate surface area is 137 Å². The molecule has 0 atom stereocenters. The van der Waals surface area contributed by atoms with Crippen LogP contribution in [0.5, 0.6) is 0 Å². The van der Waals surface area contributed by atoms with Gasteiger partial charge in [0.2, 0.25) is 5.82 Å². The quantitative estimate of drug-likeness (QED) is 0.459. The Hall–Kier alpha value is -1.92. The SMILES string of the molecule is CC(C)(C)OC(=O)Nc1sc2c(cc(F)c(Br)[n+]2[O-])c1C#N. The molecule has 0 radical (unpaired) electrons. The van der Waals surface area contributed by atoms with Gasteiger partial charge in [-0.15, -0.1) is 4.73 Å². The van der Waals surface area contributed by atoms with Crippen molar-refractivity contribution in [2.45, 2.75) is 26.4 Å². The van der Waals surface area contributed by atoms with Crippen LogP contribution in [0.4, 0.5) is 14.2 Å². The number of anilines is 1. The lowest BCUT2D eigenvalue weighted by Crippen LogP contribution is -2.29. The van der Waals surface area contributed by atoms with Crippen molar-refractivity contribution in [2.75, 3.05) is 5.32 Å². The van der Waals surface area contributed by atoms with Gasteiger partial charge in [-0.25, -0.2) is 4.79 Å². The maximum atomic E-state index is 13.6. The lowest BCUT2D eigenvalue weighted by molar-refractivity contribution is -0.588. The predicted octanol–water partition coefficient (Wildman–Crippen LogP) is 3.65. The summed E-state index contributed by atoms with van der Waals surface area (Å²) in [5.74, 6) is -0.791. The molecule has 0 bridgehead atoms. The zero-order valence-electron chi connectivity index (χ0n) is 11.9. The van der Waals surface area contributed by atoms with Crippen LogP contribution in [0.15, 0.2) is 10.7 Å². The van der Waals surface area contributed by atoms with Gasteiger partial charge in [-0.2, -0.15) is 9.65 Å². The van der Waals surface area contributed by atoms with E-state index in [1.807, 2.05) is 6.07 Å². The second-order valence-electron chi connectivity index (χ2n) is 5.34. The number of hydrogen-bond acceptors (Lipinski definition) is 5. The zero-order valence-corrected chi connectivity index (χ0v) is 14.3. The summed E-state index contributed by atoms with van der Waals surface area (Å²) in [4.78, 5) is 11.9. The van der Waals surface area contributed by atoms with E-state index in [1.54, 1.807) is 20.8 Å². The molecule has 0 aromatic carbocycles. The number of hydrogen-bond donors (Lipinski definition) is 1. The van der Waals surface area contributed by atoms with Gasteiger partial charge in [0.25, 0.3) is 9.43 Å². The van der Waals surface area contributed by atoms with Crippen LogP contribution in [-0.4, -0.2) is 11.7 Å². The minimum atomic E-state index is -0.791. The molecule has 0 saturated heterocycles. The number of thiophene rings is 1. The van der Waals surface area contributed by atoms with E-state index in [9.17, 15) is 19.7 Å². The van der Waals surface area contributed by atoms with E-state index >= 15 is 0 Å². The molecule has 0 spiro atoms. The summed E-state index contributed by atoms with van der Waals surface area (Å²) >= 11 is 3.71. The maximum Gasteiger partial charge on any atom is 0.412 e. The topological polar surface area (TPSA) is 89.1 Å². The van der Waals surface area contributed by atoms with E-state index < -0.39 is 17.5 Å². The maximum absolute atomic E-state index is 13.6. The van der Waals surface area contributed by atoms with Crippen LogP contribution >= 0.6 is 27.3 Å². The van der Waals surface area contributed by atoms with Gasteiger partial charge in [0, 0.05) is 15.9 Å². The first-order valence-corrected chi connectivity index (χ1v) is 7.69. The van der Waals surface area contributed by atoms with Crippen molar-refractivity contribution >= 4 is 48.6 Å². The van der Waals surface area contributed by atoms with Crippen LogP contribution in [0.1, 0.15) is 26.3 Å². The summed E-state index contributed by atoms with van der Waals surface area (Å²) in [6.45, 7) is 5.09. The van der Waals surface area contributed by atoms with Gasteiger partial charge >= 0.3 is 6.09 Å². The number of carbonyl (C=O) groups is 1. The second-order valence-corrected chi connectivity index (χ2v) is 7.09. The highest BCUT2D eigenvalue weighted by molar-refractivity contribution is 9.10. The van der Waals surface area contributed by atoms with Crippen LogP contribution < -0.4 is 10.0 Å². The normalized spacial score (nSPS) is 11.3. The molecule has 2 heterocycles. The number of carbonyl (C=O) groups excluding carboxylic acids is 1. The summed E-state index contributed by atoms with van der Waals surface area (Å²) in [7, 11) is 0. The molecule has 2 aromatic rings. The number of nitrogens with one attached hydrogen (secondary N) is 1. The molecule has 2 aromatic heterocycles. The van der Waals surface area contributed by atoms with Crippen LogP contribution in [-0.2, 0) is 4.74 Å². The van der Waals surface area contributed by atoms with Crippen molar-refractivity contribution in [3.63, 3.8) is 0 Å². The van der Waals surface area contributed by atoms with Gasteiger partial charge in [0.1, 0.15) is 22.2 Å². The minimum Gasteiger partial charge on any atom is -0.617 e. The highest BCUT2D eigenvalue weighted by Gasteiger charge is 2.25. The summed E-state index contributed by atoms with van der Waals surface area (Å²) in [6, 6.07) is 2.94. The van der Waals surface area contributed by atoms with E-state index in [2.05, 4.69) is 21.2 Å². The van der Waals surface area contributed by atoms with Gasteiger partial charge in [0.15, 0.2) is 0 Å². The average Bonchev–Trinajstić information content (AvgIpc) is 2.71. The van der Waals surface area contributed by atoms with E-state index in [4.69, 9.17) is 4.74 Å². The van der Waals surface area contributed by atoms with Crippen LogP contribution in [0, 0.1) is 22.4 Å². The fraction of sp³-hybridized carbons (Fsp3) is 0.308. The van der Waals surface area contributed by atoms with Crippen LogP contribution in [0.2, 0.25) is 0 Å². The number of nitrogens with zero attached hydrogens (tertiary/aromatic N) is 2. The fourth-order valence-corrected chi connectivity index (χ4v) is 3.12. The molecule has 2 rings (SSSR count). The smallest absolute Gasteiger partial charge is 0.412 e. The molecule has 22 heavy (non-hydrogen) atoms. The van der Waals surface area contributed by atoms with E-state index in [0.717, 1.165) is 17.4 Å². The Kier molecular flexibility index (Phi) is 4.26. The molecular weight excluding hydrogens is 377 g/mol. The molecule has 1 N–H and O–H groups in total. The lowest BCUT2D eigenvalue weighted by Gasteiger charge is -2.19. The highest BCUT2D eigenvalue weighted by atomic mass is 79.9. The largest absolute Gasteiger partial charge is 0.617 e. The molecular formula is C13H11BrFN3O3S. The number of pyridine rings is 1. The third-order valence-corrected chi connectivity index (χ3v) is 4.27. The van der Waals surface area contributed by atoms with E-state index in [-0.39, 0.29) is 25.4 Å². The Balaban J connectivity index is 2.50. The number of amides is 1. The lowest BCUT2D eigenvalue weighted by atomic mass is 10.2. The first kappa shape index (κ1) is 16.5.